The highest BCUT2D eigenvalue weighted by Gasteiger charge is 2.30. The Balaban J connectivity index is 1.93. The number of hydrogen-bond acceptors (Lipinski definition) is 2. The van der Waals surface area contributed by atoms with Gasteiger partial charge in [-0.2, -0.15) is 0 Å². The van der Waals surface area contributed by atoms with Crippen molar-refractivity contribution in [2.24, 2.45) is 5.73 Å². The van der Waals surface area contributed by atoms with E-state index in [2.05, 4.69) is 12.1 Å². The standard InChI is InChI=1S/C12H15NO2S/c13-12(14)5-6-16(15)11-7-9-3-1-2-4-10(9)8-11/h1-4,11H,5-8H2,(H2,13,14). The van der Waals surface area contributed by atoms with Crippen molar-refractivity contribution in [3.8, 4) is 0 Å². The number of primary amides is 1. The van der Waals surface area contributed by atoms with E-state index in [1.165, 1.54) is 11.1 Å². The lowest BCUT2D eigenvalue weighted by atomic mass is 10.1. The first-order valence-corrected chi connectivity index (χ1v) is 6.77. The van der Waals surface area contributed by atoms with Crippen molar-refractivity contribution >= 4 is 17.1 Å². The second-order valence-corrected chi connectivity index (χ2v) is 5.94. The molecule has 16 heavy (non-hydrogen) atoms. The van der Waals surface area contributed by atoms with Gasteiger partial charge >= 0.3 is 0 Å². The van der Waals surface area contributed by atoms with Gasteiger partial charge in [0.05, 0.1) is 6.42 Å². The van der Waals surface area contributed by atoms with Crippen molar-refractivity contribution in [1.82, 2.24) is 0 Å². The highest BCUT2D eigenvalue weighted by molar-refractivity contribution is 7.92. The van der Waals surface area contributed by atoms with E-state index in [0.717, 1.165) is 12.8 Å². The Kier molecular flexibility index (Phi) is 3.51. The summed E-state index contributed by atoms with van der Waals surface area (Å²) >= 11 is -0.943. The molecule has 2 N–H and O–H groups in total. The highest BCUT2D eigenvalue weighted by Crippen LogP contribution is 2.26. The van der Waals surface area contributed by atoms with Gasteiger partial charge in [0.25, 0.3) is 0 Å². The summed E-state index contributed by atoms with van der Waals surface area (Å²) in [5, 5.41) is 0.164. The van der Waals surface area contributed by atoms with E-state index < -0.39 is 11.2 Å². The third kappa shape index (κ3) is 2.57. The van der Waals surface area contributed by atoms with Crippen molar-refractivity contribution in [3.63, 3.8) is 0 Å². The van der Waals surface area contributed by atoms with Crippen LogP contribution in [0.1, 0.15) is 17.5 Å². The maximum Gasteiger partial charge on any atom is 0.222 e. The van der Waals surface area contributed by atoms with Gasteiger partial charge in [0.1, 0.15) is 11.0 Å². The Morgan fingerprint density at radius 1 is 1.38 bits per heavy atom. The predicted molar refractivity (Wildman–Crippen MR) is 64.5 cm³/mol. The van der Waals surface area contributed by atoms with Gasteiger partial charge in [-0.25, -0.2) is 0 Å². The molecule has 0 fully saturated rings. The molecular formula is C12H15NO2S. The fourth-order valence-corrected chi connectivity index (χ4v) is 3.54. The van der Waals surface area contributed by atoms with Crippen molar-refractivity contribution in [3.05, 3.63) is 35.4 Å². The SMILES string of the molecule is NC(=O)CC[S+]([O-])C1Cc2ccccc2C1. The molecule has 4 heteroatoms. The maximum atomic E-state index is 11.9. The van der Waals surface area contributed by atoms with Gasteiger partial charge < -0.3 is 10.3 Å². The van der Waals surface area contributed by atoms with Gasteiger partial charge in [0.2, 0.25) is 5.91 Å². The van der Waals surface area contributed by atoms with Crippen LogP contribution < -0.4 is 5.73 Å². The second-order valence-electron chi connectivity index (χ2n) is 4.10. The molecule has 3 nitrogen and oxygen atoms in total. The van der Waals surface area contributed by atoms with Crippen LogP contribution in [0.5, 0.6) is 0 Å². The van der Waals surface area contributed by atoms with Crippen LogP contribution >= 0.6 is 0 Å². The third-order valence-corrected chi connectivity index (χ3v) is 4.62. The summed E-state index contributed by atoms with van der Waals surface area (Å²) in [6, 6.07) is 8.18. The summed E-state index contributed by atoms with van der Waals surface area (Å²) in [7, 11) is 0. The zero-order valence-corrected chi connectivity index (χ0v) is 9.83. The van der Waals surface area contributed by atoms with Crippen molar-refractivity contribution in [1.29, 1.82) is 0 Å². The first-order valence-electron chi connectivity index (χ1n) is 5.39. The molecule has 86 valence electrons. The van der Waals surface area contributed by atoms with Gasteiger partial charge in [-0.15, -0.1) is 0 Å². The fraction of sp³-hybridized carbons (Fsp3) is 0.417. The van der Waals surface area contributed by atoms with E-state index >= 15 is 0 Å². The number of rotatable bonds is 4. The first kappa shape index (κ1) is 11.5. The Hall–Kier alpha value is -1.00. The van der Waals surface area contributed by atoms with Crippen molar-refractivity contribution < 1.29 is 9.35 Å². The number of nitrogens with two attached hydrogens (primary N) is 1. The Morgan fingerprint density at radius 2 is 1.94 bits per heavy atom. The minimum absolute atomic E-state index is 0.164. The molecule has 1 atom stereocenters. The fourth-order valence-electron chi connectivity index (χ4n) is 2.07. The monoisotopic (exact) mass is 237 g/mol. The minimum atomic E-state index is -0.943. The van der Waals surface area contributed by atoms with Crippen LogP contribution in [0.4, 0.5) is 0 Å². The van der Waals surface area contributed by atoms with Crippen molar-refractivity contribution in [2.45, 2.75) is 24.5 Å². The van der Waals surface area contributed by atoms with Gasteiger partial charge in [-0.1, -0.05) is 24.3 Å². The topological polar surface area (TPSA) is 66.2 Å². The van der Waals surface area contributed by atoms with Crippen LogP contribution in [0.25, 0.3) is 0 Å². The molecule has 0 aliphatic heterocycles. The molecule has 0 radical (unpaired) electrons. The smallest absolute Gasteiger partial charge is 0.222 e. The molecule has 1 aromatic carbocycles. The second kappa shape index (κ2) is 4.89. The Morgan fingerprint density at radius 3 is 2.44 bits per heavy atom. The molecule has 0 saturated heterocycles. The highest BCUT2D eigenvalue weighted by atomic mass is 32.2. The molecule has 1 unspecified atom stereocenters. The van der Waals surface area contributed by atoms with E-state index in [1.807, 2.05) is 12.1 Å². The normalized spacial score (nSPS) is 17.1. The zero-order valence-electron chi connectivity index (χ0n) is 9.02. The molecule has 1 aliphatic carbocycles. The summed E-state index contributed by atoms with van der Waals surface area (Å²) in [6.07, 6.45) is 1.95. The molecule has 1 amide bonds. The van der Waals surface area contributed by atoms with Crippen LogP contribution in [0.2, 0.25) is 0 Å². The van der Waals surface area contributed by atoms with Gasteiger partial charge in [-0.05, 0) is 22.3 Å². The third-order valence-electron chi connectivity index (χ3n) is 2.93. The molecule has 0 saturated carbocycles. The van der Waals surface area contributed by atoms with E-state index in [4.69, 9.17) is 5.73 Å². The van der Waals surface area contributed by atoms with Gasteiger partial charge in [0, 0.05) is 12.8 Å². The minimum Gasteiger partial charge on any atom is -0.616 e. The average molecular weight is 237 g/mol. The summed E-state index contributed by atoms with van der Waals surface area (Å²) in [4.78, 5) is 10.6. The van der Waals surface area contributed by atoms with E-state index in [9.17, 15) is 9.35 Å². The van der Waals surface area contributed by atoms with Crippen LogP contribution in [-0.2, 0) is 28.8 Å². The van der Waals surface area contributed by atoms with Crippen LogP contribution in [-0.4, -0.2) is 21.5 Å². The summed E-state index contributed by atoms with van der Waals surface area (Å²) in [5.41, 5.74) is 7.63. The van der Waals surface area contributed by atoms with E-state index in [-0.39, 0.29) is 17.6 Å². The molecular weight excluding hydrogens is 222 g/mol. The lowest BCUT2D eigenvalue weighted by molar-refractivity contribution is -0.117. The lowest BCUT2D eigenvalue weighted by Gasteiger charge is -2.16. The number of hydrogen-bond donors (Lipinski definition) is 1. The van der Waals surface area contributed by atoms with Crippen LogP contribution in [0.15, 0.2) is 24.3 Å². The molecule has 0 aromatic heterocycles. The molecule has 1 aliphatic rings. The lowest BCUT2D eigenvalue weighted by Crippen LogP contribution is -2.27. The summed E-state index contributed by atoms with van der Waals surface area (Å²) in [5.74, 6) is 0.0254. The van der Waals surface area contributed by atoms with E-state index in [1.54, 1.807) is 0 Å². The molecule has 0 heterocycles. The average Bonchev–Trinajstić information content (AvgIpc) is 2.69. The summed E-state index contributed by atoms with van der Waals surface area (Å²) in [6.45, 7) is 0. The predicted octanol–water partition coefficient (Wildman–Crippen LogP) is 0.778. The number of fused-ring (bicyclic) bond motifs is 1. The Labute approximate surface area is 98.2 Å². The number of amides is 1. The van der Waals surface area contributed by atoms with Crippen molar-refractivity contribution in [2.75, 3.05) is 5.75 Å². The van der Waals surface area contributed by atoms with E-state index in [0.29, 0.717) is 5.75 Å². The number of carbonyl (C=O) groups excluding carboxylic acids is 1. The molecule has 2 rings (SSSR count). The summed E-state index contributed by atoms with van der Waals surface area (Å²) < 4.78 is 11.9. The largest absolute Gasteiger partial charge is 0.616 e. The first-order chi connectivity index (χ1) is 7.66. The van der Waals surface area contributed by atoms with Crippen LogP contribution in [0, 0.1) is 0 Å². The van der Waals surface area contributed by atoms with Gasteiger partial charge in [0.15, 0.2) is 0 Å². The maximum absolute atomic E-state index is 11.9. The van der Waals surface area contributed by atoms with Gasteiger partial charge in [-0.3, -0.25) is 4.79 Å². The molecule has 0 spiro atoms. The van der Waals surface area contributed by atoms with Crippen LogP contribution in [0.3, 0.4) is 0 Å². The number of benzene rings is 1. The zero-order chi connectivity index (χ0) is 11.5. The number of carbonyl (C=O) groups is 1. The Bertz CT molecular complexity index is 369. The molecule has 1 aromatic rings. The molecule has 0 bridgehead atoms. The quantitative estimate of drug-likeness (QED) is 0.786.